The largest absolute Gasteiger partial charge is 0.478 e. The van der Waals surface area contributed by atoms with Gasteiger partial charge in [0.05, 0.1) is 21.2 Å². The first-order valence-electron chi connectivity index (χ1n) is 14.1. The predicted octanol–water partition coefficient (Wildman–Crippen LogP) is 6.67. The van der Waals surface area contributed by atoms with Crippen LogP contribution in [0.3, 0.4) is 0 Å². The van der Waals surface area contributed by atoms with Crippen LogP contribution in [0.5, 0.6) is 0 Å². The van der Waals surface area contributed by atoms with E-state index in [1.807, 2.05) is 20.8 Å². The molecule has 3 aromatic rings. The highest BCUT2D eigenvalue weighted by atomic mass is 79.9. The highest BCUT2D eigenvalue weighted by molar-refractivity contribution is 9.10. The summed E-state index contributed by atoms with van der Waals surface area (Å²) in [5.74, 6) is -1.07. The van der Waals surface area contributed by atoms with Crippen LogP contribution in [-0.4, -0.2) is 74.8 Å². The molecule has 0 bridgehead atoms. The van der Waals surface area contributed by atoms with Crippen LogP contribution in [0, 0.1) is 0 Å². The summed E-state index contributed by atoms with van der Waals surface area (Å²) < 4.78 is 47.5. The molecule has 1 amide bonds. The summed E-state index contributed by atoms with van der Waals surface area (Å²) >= 11 is 3.25. The topological polar surface area (TPSA) is 132 Å². The number of carbonyl (C=O) groups excluding carboxylic acids is 1. The lowest BCUT2D eigenvalue weighted by molar-refractivity contribution is -0.137. The summed E-state index contributed by atoms with van der Waals surface area (Å²) in [6.45, 7) is 6.86. The number of anilines is 1. The first-order chi connectivity index (χ1) is 20.1. The number of fused-ring (bicyclic) bond motifs is 1. The lowest BCUT2D eigenvalue weighted by atomic mass is 10.0. The molecular weight excluding hydrogens is 633 g/mol. The number of carboxylic acids is 1. The molecule has 1 aromatic carbocycles. The monoisotopic (exact) mass is 668 g/mol. The first-order valence-corrected chi connectivity index (χ1v) is 14.8. The Morgan fingerprint density at radius 1 is 1.19 bits per heavy atom. The minimum atomic E-state index is -4.69. The molecule has 2 atom stereocenters. The van der Waals surface area contributed by atoms with Gasteiger partial charge in [0.2, 0.25) is 5.95 Å². The molecule has 4 rings (SSSR count). The second-order valence-corrected chi connectivity index (χ2v) is 12.5. The lowest BCUT2D eigenvalue weighted by Crippen LogP contribution is -2.35. The van der Waals surface area contributed by atoms with Crippen molar-refractivity contribution in [2.45, 2.75) is 76.7 Å². The molecule has 234 valence electrons. The number of aromatic nitrogens is 3. The Hall–Kier alpha value is -3.39. The Bertz CT molecular complexity index is 1470. The van der Waals surface area contributed by atoms with Gasteiger partial charge in [-0.3, -0.25) is 0 Å². The van der Waals surface area contributed by atoms with Crippen LogP contribution >= 0.6 is 15.9 Å². The third-order valence-corrected chi connectivity index (χ3v) is 8.02. The summed E-state index contributed by atoms with van der Waals surface area (Å²) in [6.07, 6.45) is 1.29. The van der Waals surface area contributed by atoms with Crippen LogP contribution in [0.15, 0.2) is 29.0 Å². The van der Waals surface area contributed by atoms with Gasteiger partial charge in [-0.05, 0) is 81.4 Å². The van der Waals surface area contributed by atoms with Gasteiger partial charge in [0.1, 0.15) is 11.2 Å². The molecule has 2 aromatic heterocycles. The van der Waals surface area contributed by atoms with E-state index >= 15 is 0 Å². The summed E-state index contributed by atoms with van der Waals surface area (Å²) in [4.78, 5) is 36.3. The number of benzene rings is 1. The molecule has 0 unspecified atom stereocenters. The van der Waals surface area contributed by atoms with E-state index in [-0.39, 0.29) is 45.4 Å². The number of alkyl halides is 3. The molecule has 1 fully saturated rings. The number of hydrogen-bond donors (Lipinski definition) is 4. The number of carboxylic acid groups (broad SMARTS) is 1. The predicted molar refractivity (Wildman–Crippen MR) is 160 cm³/mol. The molecule has 14 heteroatoms. The number of ether oxygens (including phenoxy) is 1. The van der Waals surface area contributed by atoms with E-state index in [1.165, 1.54) is 18.3 Å². The van der Waals surface area contributed by atoms with E-state index in [0.717, 1.165) is 44.8 Å². The van der Waals surface area contributed by atoms with Gasteiger partial charge in [0, 0.05) is 49.0 Å². The minimum Gasteiger partial charge on any atom is -0.478 e. The second kappa shape index (κ2) is 13.1. The van der Waals surface area contributed by atoms with Crippen LogP contribution in [0.2, 0.25) is 0 Å². The van der Waals surface area contributed by atoms with Crippen LogP contribution in [0.4, 0.5) is 23.9 Å². The SMILES string of the molecule is CN(CCCCN[C@H]1CC[C@H](Nc2ncc(C(F)(F)F)c(-c3c[nH]c4c(Br)c(C(=O)O)ccc34)n2)C1)C(=O)OC(C)(C)C. The summed E-state index contributed by atoms with van der Waals surface area (Å²) in [5.41, 5.74) is -1.28. The zero-order chi connectivity index (χ0) is 31.5. The highest BCUT2D eigenvalue weighted by Crippen LogP contribution is 2.40. The van der Waals surface area contributed by atoms with Crippen molar-refractivity contribution in [3.63, 3.8) is 0 Å². The average Bonchev–Trinajstić information content (AvgIpc) is 3.54. The fourth-order valence-electron chi connectivity index (χ4n) is 5.08. The maximum atomic E-state index is 14.0. The van der Waals surface area contributed by atoms with Gasteiger partial charge in [0.15, 0.2) is 0 Å². The summed E-state index contributed by atoms with van der Waals surface area (Å²) in [6, 6.07) is 3.03. The minimum absolute atomic E-state index is 0.0143. The molecule has 0 saturated heterocycles. The molecule has 10 nitrogen and oxygen atoms in total. The van der Waals surface area contributed by atoms with E-state index in [0.29, 0.717) is 17.4 Å². The first kappa shape index (κ1) is 32.5. The van der Waals surface area contributed by atoms with Crippen molar-refractivity contribution >= 4 is 44.8 Å². The number of aromatic carboxylic acids is 1. The number of halogens is 4. The average molecular weight is 670 g/mol. The van der Waals surface area contributed by atoms with Crippen molar-refractivity contribution in [3.05, 3.63) is 40.1 Å². The number of amides is 1. The van der Waals surface area contributed by atoms with Gasteiger partial charge in [-0.1, -0.05) is 6.07 Å². The van der Waals surface area contributed by atoms with E-state index in [9.17, 15) is 27.9 Å². The van der Waals surface area contributed by atoms with Gasteiger partial charge < -0.3 is 30.4 Å². The van der Waals surface area contributed by atoms with Gasteiger partial charge >= 0.3 is 18.2 Å². The van der Waals surface area contributed by atoms with Crippen LogP contribution in [-0.2, 0) is 10.9 Å². The fraction of sp³-hybridized carbons (Fsp3) is 0.517. The maximum absolute atomic E-state index is 14.0. The van der Waals surface area contributed by atoms with Crippen molar-refractivity contribution in [2.75, 3.05) is 25.5 Å². The van der Waals surface area contributed by atoms with Crippen LogP contribution < -0.4 is 10.6 Å². The zero-order valence-electron chi connectivity index (χ0n) is 24.4. The maximum Gasteiger partial charge on any atom is 0.419 e. The smallest absolute Gasteiger partial charge is 0.419 e. The molecule has 2 heterocycles. The number of H-pyrrole nitrogens is 1. The van der Waals surface area contributed by atoms with E-state index in [1.54, 1.807) is 11.9 Å². The third-order valence-electron chi connectivity index (χ3n) is 7.20. The Morgan fingerprint density at radius 3 is 2.58 bits per heavy atom. The number of nitrogens with zero attached hydrogens (tertiary/aromatic N) is 3. The van der Waals surface area contributed by atoms with Gasteiger partial charge in [-0.15, -0.1) is 0 Å². The molecule has 0 radical (unpaired) electrons. The number of nitrogens with one attached hydrogen (secondary N) is 3. The second-order valence-electron chi connectivity index (χ2n) is 11.7. The van der Waals surface area contributed by atoms with E-state index in [4.69, 9.17) is 4.74 Å². The summed E-state index contributed by atoms with van der Waals surface area (Å²) in [7, 11) is 1.72. The Balaban J connectivity index is 1.37. The number of unbranched alkanes of at least 4 members (excludes halogenated alkanes) is 1. The zero-order valence-corrected chi connectivity index (χ0v) is 26.0. The fourth-order valence-corrected chi connectivity index (χ4v) is 5.71. The van der Waals surface area contributed by atoms with Crippen molar-refractivity contribution in [3.8, 4) is 11.3 Å². The molecule has 1 aliphatic carbocycles. The molecule has 1 saturated carbocycles. The lowest BCUT2D eigenvalue weighted by Gasteiger charge is -2.24. The van der Waals surface area contributed by atoms with Crippen molar-refractivity contribution < 1.29 is 32.6 Å². The van der Waals surface area contributed by atoms with Crippen LogP contribution in [0.25, 0.3) is 22.2 Å². The van der Waals surface area contributed by atoms with E-state index in [2.05, 4.69) is 41.5 Å². The Labute approximate surface area is 255 Å². The van der Waals surface area contributed by atoms with Gasteiger partial charge in [-0.2, -0.15) is 13.2 Å². The number of hydrogen-bond acceptors (Lipinski definition) is 7. The number of rotatable bonds is 10. The molecular formula is C29H36BrF3N6O4. The number of aromatic amines is 1. The third kappa shape index (κ3) is 8.17. The van der Waals surface area contributed by atoms with Crippen molar-refractivity contribution in [2.24, 2.45) is 0 Å². The molecule has 0 spiro atoms. The van der Waals surface area contributed by atoms with Crippen LogP contribution in [0.1, 0.15) is 68.8 Å². The molecule has 0 aliphatic heterocycles. The van der Waals surface area contributed by atoms with Crippen molar-refractivity contribution in [1.29, 1.82) is 0 Å². The molecule has 1 aliphatic rings. The van der Waals surface area contributed by atoms with Crippen molar-refractivity contribution in [1.82, 2.24) is 25.2 Å². The van der Waals surface area contributed by atoms with Gasteiger partial charge in [0.25, 0.3) is 0 Å². The summed E-state index contributed by atoms with van der Waals surface area (Å²) in [5, 5.41) is 16.5. The Morgan fingerprint density at radius 2 is 1.91 bits per heavy atom. The molecule has 43 heavy (non-hydrogen) atoms. The Kier molecular flexibility index (Phi) is 9.90. The highest BCUT2D eigenvalue weighted by Gasteiger charge is 2.36. The molecule has 4 N–H and O–H groups in total. The number of carbonyl (C=O) groups is 2. The quantitative estimate of drug-likeness (QED) is 0.176. The van der Waals surface area contributed by atoms with E-state index < -0.39 is 23.3 Å². The van der Waals surface area contributed by atoms with Gasteiger partial charge in [-0.25, -0.2) is 19.6 Å². The standard InChI is InChI=1S/C29H36BrF3N6O4/c1-28(2,3)43-27(42)39(4)12-6-5-11-34-16-7-8-17(13-16)37-26-36-15-21(29(31,32)33)23(38-26)20-14-35-24-18(20)9-10-19(22(24)30)25(40)41/h9-10,14-17,34-35H,5-8,11-13H2,1-4H3,(H,40,41)(H,36,37,38)/t16-,17-/m0/s1. The normalized spacial score (nSPS) is 17.3.